The molecule has 0 aliphatic heterocycles. The van der Waals surface area contributed by atoms with Gasteiger partial charge in [0.25, 0.3) is 0 Å². The van der Waals surface area contributed by atoms with Gasteiger partial charge in [0.05, 0.1) is 18.4 Å². The lowest BCUT2D eigenvalue weighted by molar-refractivity contribution is 0.196. The molecule has 1 aromatic heterocycles. The van der Waals surface area contributed by atoms with Gasteiger partial charge < -0.3 is 10.1 Å². The molecule has 0 spiro atoms. The Morgan fingerprint density at radius 3 is 2.17 bits per heavy atom. The molecular formula is C19H17N3O2. The number of hydrogen-bond donors (Lipinski definition) is 1. The minimum absolute atomic E-state index is 0.150. The average Bonchev–Trinajstić information content (AvgIpc) is 2.64. The predicted molar refractivity (Wildman–Crippen MR) is 91.5 cm³/mol. The third-order valence-corrected chi connectivity index (χ3v) is 3.50. The van der Waals surface area contributed by atoms with E-state index < -0.39 is 6.09 Å². The minimum atomic E-state index is -0.539. The van der Waals surface area contributed by atoms with Gasteiger partial charge in [-0.2, -0.15) is 0 Å². The summed E-state index contributed by atoms with van der Waals surface area (Å²) < 4.78 is 5.22. The standard InChI is InChI=1S/C19H17N3O2/c1-14(15-8-4-2-5-9-15)22-19(23)24-17-12-20-18(21-13-17)16-10-6-3-7-11-16/h2-14H,1H3,(H,22,23)/t14-/m1/s1. The van der Waals surface area contributed by atoms with E-state index in [4.69, 9.17) is 4.74 Å². The van der Waals surface area contributed by atoms with Gasteiger partial charge in [0, 0.05) is 5.56 Å². The lowest BCUT2D eigenvalue weighted by Gasteiger charge is -2.14. The first-order chi connectivity index (χ1) is 11.7. The van der Waals surface area contributed by atoms with Gasteiger partial charge in [0.1, 0.15) is 0 Å². The first-order valence-electron chi connectivity index (χ1n) is 7.63. The van der Waals surface area contributed by atoms with Gasteiger partial charge in [-0.15, -0.1) is 0 Å². The Kier molecular flexibility index (Phi) is 4.81. The van der Waals surface area contributed by atoms with Crippen molar-refractivity contribution in [1.82, 2.24) is 15.3 Å². The van der Waals surface area contributed by atoms with Crippen molar-refractivity contribution in [3.8, 4) is 17.1 Å². The maximum atomic E-state index is 12.0. The van der Waals surface area contributed by atoms with Gasteiger partial charge in [-0.05, 0) is 12.5 Å². The molecule has 1 atom stereocenters. The van der Waals surface area contributed by atoms with Crippen molar-refractivity contribution < 1.29 is 9.53 Å². The summed E-state index contributed by atoms with van der Waals surface area (Å²) in [6, 6.07) is 19.1. The van der Waals surface area contributed by atoms with Gasteiger partial charge >= 0.3 is 6.09 Å². The maximum Gasteiger partial charge on any atom is 0.413 e. The summed E-state index contributed by atoms with van der Waals surface area (Å²) in [5.41, 5.74) is 1.91. The fraction of sp³-hybridized carbons (Fsp3) is 0.105. The van der Waals surface area contributed by atoms with Gasteiger partial charge in [-0.1, -0.05) is 60.7 Å². The van der Waals surface area contributed by atoms with E-state index >= 15 is 0 Å². The van der Waals surface area contributed by atoms with E-state index in [-0.39, 0.29) is 6.04 Å². The minimum Gasteiger partial charge on any atom is -0.407 e. The number of benzene rings is 2. The van der Waals surface area contributed by atoms with Crippen LogP contribution in [0.25, 0.3) is 11.4 Å². The smallest absolute Gasteiger partial charge is 0.407 e. The second-order valence-corrected chi connectivity index (χ2v) is 5.27. The molecule has 0 fully saturated rings. The number of nitrogens with one attached hydrogen (secondary N) is 1. The van der Waals surface area contributed by atoms with Crippen molar-refractivity contribution in [2.24, 2.45) is 0 Å². The fourth-order valence-electron chi connectivity index (χ4n) is 2.24. The Morgan fingerprint density at radius 2 is 1.54 bits per heavy atom. The molecule has 0 unspecified atom stereocenters. The van der Waals surface area contributed by atoms with E-state index in [1.165, 1.54) is 12.4 Å². The second kappa shape index (κ2) is 7.37. The third-order valence-electron chi connectivity index (χ3n) is 3.50. The number of aromatic nitrogens is 2. The second-order valence-electron chi connectivity index (χ2n) is 5.27. The average molecular weight is 319 g/mol. The Morgan fingerprint density at radius 1 is 0.958 bits per heavy atom. The molecule has 1 heterocycles. The first kappa shape index (κ1) is 15.7. The highest BCUT2D eigenvalue weighted by Crippen LogP contribution is 2.16. The monoisotopic (exact) mass is 319 g/mol. The number of rotatable bonds is 4. The Balaban J connectivity index is 1.61. The number of ether oxygens (including phenoxy) is 1. The third kappa shape index (κ3) is 3.95. The quantitative estimate of drug-likeness (QED) is 0.789. The molecule has 0 radical (unpaired) electrons. The number of hydrogen-bond acceptors (Lipinski definition) is 4. The highest BCUT2D eigenvalue weighted by atomic mass is 16.6. The molecule has 0 aliphatic carbocycles. The number of carbonyl (C=O) groups excluding carboxylic acids is 1. The zero-order valence-corrected chi connectivity index (χ0v) is 13.2. The molecule has 0 saturated heterocycles. The molecule has 120 valence electrons. The highest BCUT2D eigenvalue weighted by molar-refractivity contribution is 5.70. The van der Waals surface area contributed by atoms with Gasteiger partial charge in [0.2, 0.25) is 0 Å². The summed E-state index contributed by atoms with van der Waals surface area (Å²) in [6.07, 6.45) is 2.44. The Labute approximate surface area is 140 Å². The molecule has 24 heavy (non-hydrogen) atoms. The molecular weight excluding hydrogens is 302 g/mol. The number of amides is 1. The molecule has 2 aromatic carbocycles. The SMILES string of the molecule is C[C@@H](NC(=O)Oc1cnc(-c2ccccc2)nc1)c1ccccc1. The van der Waals surface area contributed by atoms with Crippen molar-refractivity contribution >= 4 is 6.09 Å². The van der Waals surface area contributed by atoms with Crippen molar-refractivity contribution in [3.05, 3.63) is 78.6 Å². The van der Waals surface area contributed by atoms with Crippen molar-refractivity contribution in [3.63, 3.8) is 0 Å². The largest absolute Gasteiger partial charge is 0.413 e. The zero-order chi connectivity index (χ0) is 16.8. The highest BCUT2D eigenvalue weighted by Gasteiger charge is 2.11. The fourth-order valence-corrected chi connectivity index (χ4v) is 2.24. The topological polar surface area (TPSA) is 64.1 Å². The first-order valence-corrected chi connectivity index (χ1v) is 7.63. The van der Waals surface area contributed by atoms with Crippen LogP contribution in [0.2, 0.25) is 0 Å². The van der Waals surface area contributed by atoms with Gasteiger partial charge in [0.15, 0.2) is 11.6 Å². The van der Waals surface area contributed by atoms with Crippen LogP contribution in [0.15, 0.2) is 73.1 Å². The van der Waals surface area contributed by atoms with Crippen LogP contribution in [0.1, 0.15) is 18.5 Å². The van der Waals surface area contributed by atoms with Gasteiger partial charge in [-0.25, -0.2) is 14.8 Å². The predicted octanol–water partition coefficient (Wildman–Crippen LogP) is 3.99. The van der Waals surface area contributed by atoms with Crippen LogP contribution < -0.4 is 10.1 Å². The molecule has 0 aliphatic rings. The van der Waals surface area contributed by atoms with Crippen molar-refractivity contribution in [2.45, 2.75) is 13.0 Å². The van der Waals surface area contributed by atoms with Crippen molar-refractivity contribution in [2.75, 3.05) is 0 Å². The van der Waals surface area contributed by atoms with Crippen LogP contribution in [0, 0.1) is 0 Å². The van der Waals surface area contributed by atoms with Crippen LogP contribution in [-0.4, -0.2) is 16.1 Å². The normalized spacial score (nSPS) is 11.5. The molecule has 3 aromatic rings. The lowest BCUT2D eigenvalue weighted by atomic mass is 10.1. The van der Waals surface area contributed by atoms with Crippen LogP contribution >= 0.6 is 0 Å². The van der Waals surface area contributed by atoms with E-state index in [0.717, 1.165) is 11.1 Å². The Bertz CT molecular complexity index is 790. The van der Waals surface area contributed by atoms with E-state index in [2.05, 4.69) is 15.3 Å². The van der Waals surface area contributed by atoms with E-state index in [9.17, 15) is 4.79 Å². The maximum absolute atomic E-state index is 12.0. The van der Waals surface area contributed by atoms with Crippen LogP contribution in [0.5, 0.6) is 5.75 Å². The summed E-state index contributed by atoms with van der Waals surface area (Å²) in [5, 5.41) is 2.77. The molecule has 0 saturated carbocycles. The molecule has 5 heteroatoms. The molecule has 1 N–H and O–H groups in total. The summed E-state index contributed by atoms with van der Waals surface area (Å²) in [7, 11) is 0. The van der Waals surface area contributed by atoms with E-state index in [1.54, 1.807) is 0 Å². The Hall–Kier alpha value is -3.21. The molecule has 1 amide bonds. The molecule has 0 bridgehead atoms. The molecule has 5 nitrogen and oxygen atoms in total. The van der Waals surface area contributed by atoms with Crippen LogP contribution in [0.3, 0.4) is 0 Å². The van der Waals surface area contributed by atoms with Crippen LogP contribution in [0.4, 0.5) is 4.79 Å². The molecule has 3 rings (SSSR count). The lowest BCUT2D eigenvalue weighted by Crippen LogP contribution is -2.29. The summed E-state index contributed by atoms with van der Waals surface area (Å²) in [6.45, 7) is 1.89. The van der Waals surface area contributed by atoms with E-state index in [0.29, 0.717) is 11.6 Å². The van der Waals surface area contributed by atoms with Crippen LogP contribution in [-0.2, 0) is 0 Å². The van der Waals surface area contributed by atoms with Crippen molar-refractivity contribution in [1.29, 1.82) is 0 Å². The number of carbonyl (C=O) groups is 1. The summed E-state index contributed by atoms with van der Waals surface area (Å²) >= 11 is 0. The number of nitrogens with zero attached hydrogens (tertiary/aromatic N) is 2. The van der Waals surface area contributed by atoms with Gasteiger partial charge in [-0.3, -0.25) is 0 Å². The van der Waals surface area contributed by atoms with E-state index in [1.807, 2.05) is 67.6 Å². The zero-order valence-electron chi connectivity index (χ0n) is 13.2. The summed E-state index contributed by atoms with van der Waals surface area (Å²) in [5.74, 6) is 0.883. The summed E-state index contributed by atoms with van der Waals surface area (Å²) in [4.78, 5) is 20.4.